The van der Waals surface area contributed by atoms with E-state index in [0.29, 0.717) is 15.4 Å². The van der Waals surface area contributed by atoms with Crippen LogP contribution in [0.25, 0.3) is 10.9 Å². The maximum atomic E-state index is 12.7. The van der Waals surface area contributed by atoms with Gasteiger partial charge in [0.15, 0.2) is 5.75 Å². The van der Waals surface area contributed by atoms with Crippen LogP contribution in [0.4, 0.5) is 0 Å². The van der Waals surface area contributed by atoms with Crippen LogP contribution in [0.5, 0.6) is 11.5 Å². The second-order valence-corrected chi connectivity index (χ2v) is 7.67. The Morgan fingerprint density at radius 3 is 2.52 bits per heavy atom. The summed E-state index contributed by atoms with van der Waals surface area (Å²) in [5.74, 6) is -0.0616. The van der Waals surface area contributed by atoms with E-state index in [4.69, 9.17) is 43.7 Å². The minimum absolute atomic E-state index is 0.0210. The Hall–Kier alpha value is -1.73. The number of methoxy groups -OCH3 is 1. The van der Waals surface area contributed by atoms with Crippen molar-refractivity contribution in [3.8, 4) is 11.5 Å². The van der Waals surface area contributed by atoms with Crippen LogP contribution >= 0.6 is 34.8 Å². The molecule has 0 spiro atoms. The van der Waals surface area contributed by atoms with E-state index in [1.165, 1.54) is 37.6 Å². The maximum absolute atomic E-state index is 12.7. The second-order valence-electron chi connectivity index (χ2n) is 4.90. The van der Waals surface area contributed by atoms with Crippen LogP contribution in [-0.4, -0.2) is 20.5 Å². The molecule has 0 fully saturated rings. The fourth-order valence-corrected chi connectivity index (χ4v) is 4.09. The van der Waals surface area contributed by atoms with Crippen LogP contribution in [0.3, 0.4) is 0 Å². The number of ether oxygens (including phenoxy) is 1. The van der Waals surface area contributed by atoms with E-state index in [0.717, 1.165) is 0 Å². The zero-order valence-corrected chi connectivity index (χ0v) is 15.7. The van der Waals surface area contributed by atoms with E-state index >= 15 is 0 Å². The third-order valence-corrected chi connectivity index (χ3v) is 5.43. The van der Waals surface area contributed by atoms with Crippen LogP contribution < -0.4 is 8.92 Å². The van der Waals surface area contributed by atoms with Gasteiger partial charge in [0.25, 0.3) is 0 Å². The average molecular weight is 419 g/mol. The highest BCUT2D eigenvalue weighted by atomic mass is 35.5. The normalized spacial score (nSPS) is 11.5. The first-order valence-corrected chi connectivity index (χ1v) is 9.38. The second kappa shape index (κ2) is 6.88. The molecular formula is C16H10Cl3NO4S. The summed E-state index contributed by atoms with van der Waals surface area (Å²) in [7, 11) is -2.92. The quantitative estimate of drug-likeness (QED) is 0.560. The summed E-state index contributed by atoms with van der Waals surface area (Å²) in [5.41, 5.74) is 0.233. The van der Waals surface area contributed by atoms with E-state index in [1.807, 2.05) is 0 Å². The van der Waals surface area contributed by atoms with Gasteiger partial charge in [-0.3, -0.25) is 4.98 Å². The zero-order valence-electron chi connectivity index (χ0n) is 12.7. The van der Waals surface area contributed by atoms with Gasteiger partial charge in [0.2, 0.25) is 0 Å². The summed E-state index contributed by atoms with van der Waals surface area (Å²) < 4.78 is 35.8. The molecule has 0 bridgehead atoms. The Kier molecular flexibility index (Phi) is 4.97. The van der Waals surface area contributed by atoms with Crippen LogP contribution in [0.15, 0.2) is 47.5 Å². The SMILES string of the molecule is COc1cc(Cl)ccc1S(=O)(=O)Oc1c(Cl)cc(Cl)c2cccnc12. The minimum Gasteiger partial charge on any atom is -0.495 e. The fraction of sp³-hybridized carbons (Fsp3) is 0.0625. The van der Waals surface area contributed by atoms with Crippen molar-refractivity contribution in [2.45, 2.75) is 4.90 Å². The molecular weight excluding hydrogens is 409 g/mol. The number of nitrogens with zero attached hydrogens (tertiary/aromatic N) is 1. The summed E-state index contributed by atoms with van der Waals surface area (Å²) in [6, 6.07) is 8.83. The third-order valence-electron chi connectivity index (χ3n) is 3.34. The molecule has 0 aliphatic carbocycles. The molecule has 25 heavy (non-hydrogen) atoms. The molecule has 1 aromatic heterocycles. The molecule has 3 rings (SSSR count). The molecule has 9 heteroatoms. The molecule has 130 valence electrons. The highest BCUT2D eigenvalue weighted by molar-refractivity contribution is 7.87. The van der Waals surface area contributed by atoms with Gasteiger partial charge >= 0.3 is 10.1 Å². The standard InChI is InChI=1S/C16H10Cl3NO4S/c1-23-13-7-9(17)4-5-14(13)25(21,22)24-16-12(19)8-11(18)10-3-2-6-20-15(10)16/h2-8H,1H3. The van der Waals surface area contributed by atoms with Crippen molar-refractivity contribution in [1.29, 1.82) is 0 Å². The number of fused-ring (bicyclic) bond motifs is 1. The van der Waals surface area contributed by atoms with E-state index in [1.54, 1.807) is 12.1 Å². The molecule has 2 aromatic carbocycles. The molecule has 0 aliphatic rings. The Morgan fingerprint density at radius 2 is 1.80 bits per heavy atom. The average Bonchev–Trinajstić information content (AvgIpc) is 2.58. The maximum Gasteiger partial charge on any atom is 0.343 e. The van der Waals surface area contributed by atoms with E-state index in [2.05, 4.69) is 4.98 Å². The number of halogens is 3. The van der Waals surface area contributed by atoms with Crippen molar-refractivity contribution in [2.75, 3.05) is 7.11 Å². The first-order chi connectivity index (χ1) is 11.8. The van der Waals surface area contributed by atoms with Gasteiger partial charge in [0, 0.05) is 22.7 Å². The van der Waals surface area contributed by atoms with Crippen molar-refractivity contribution in [3.63, 3.8) is 0 Å². The van der Waals surface area contributed by atoms with Crippen LogP contribution in [0, 0.1) is 0 Å². The molecule has 0 aliphatic heterocycles. The predicted octanol–water partition coefficient (Wildman–Crippen LogP) is 4.97. The summed E-state index contributed by atoms with van der Waals surface area (Å²) in [6.45, 7) is 0. The Morgan fingerprint density at radius 1 is 1.04 bits per heavy atom. The summed E-state index contributed by atoms with van der Waals surface area (Å²) in [5, 5.41) is 1.20. The molecule has 0 saturated heterocycles. The van der Waals surface area contributed by atoms with Gasteiger partial charge in [-0.15, -0.1) is 0 Å². The van der Waals surface area contributed by atoms with Crippen LogP contribution in [0.1, 0.15) is 0 Å². The number of hydrogen-bond acceptors (Lipinski definition) is 5. The summed E-state index contributed by atoms with van der Waals surface area (Å²) in [4.78, 5) is 3.94. The van der Waals surface area contributed by atoms with E-state index in [-0.39, 0.29) is 26.9 Å². The smallest absolute Gasteiger partial charge is 0.343 e. The predicted molar refractivity (Wildman–Crippen MR) is 97.6 cm³/mol. The van der Waals surface area contributed by atoms with Gasteiger partial charge in [0.05, 0.1) is 17.2 Å². The molecule has 0 unspecified atom stereocenters. The number of aromatic nitrogens is 1. The Labute approximate surface area is 159 Å². The summed E-state index contributed by atoms with van der Waals surface area (Å²) in [6.07, 6.45) is 1.48. The molecule has 0 radical (unpaired) electrons. The zero-order chi connectivity index (χ0) is 18.2. The first kappa shape index (κ1) is 18.1. The van der Waals surface area contributed by atoms with Gasteiger partial charge in [-0.25, -0.2) is 0 Å². The van der Waals surface area contributed by atoms with Crippen LogP contribution in [0.2, 0.25) is 15.1 Å². The Bertz CT molecular complexity index is 1070. The number of benzene rings is 2. The monoisotopic (exact) mass is 417 g/mol. The molecule has 1 heterocycles. The van der Waals surface area contributed by atoms with E-state index < -0.39 is 10.1 Å². The summed E-state index contributed by atoms with van der Waals surface area (Å²) >= 11 is 18.1. The molecule has 3 aromatic rings. The fourth-order valence-electron chi connectivity index (χ4n) is 2.23. The highest BCUT2D eigenvalue weighted by Crippen LogP contribution is 2.39. The molecule has 0 amide bonds. The van der Waals surface area contributed by atoms with Crippen LogP contribution in [-0.2, 0) is 10.1 Å². The number of rotatable bonds is 4. The lowest BCUT2D eigenvalue weighted by atomic mass is 10.2. The van der Waals surface area contributed by atoms with Crippen molar-refractivity contribution < 1.29 is 17.3 Å². The number of hydrogen-bond donors (Lipinski definition) is 0. The lowest BCUT2D eigenvalue weighted by Crippen LogP contribution is -2.12. The van der Waals surface area contributed by atoms with Gasteiger partial charge in [0.1, 0.15) is 16.2 Å². The van der Waals surface area contributed by atoms with Crippen molar-refractivity contribution >= 4 is 55.8 Å². The van der Waals surface area contributed by atoms with Crippen molar-refractivity contribution in [2.24, 2.45) is 0 Å². The van der Waals surface area contributed by atoms with Gasteiger partial charge in [-0.2, -0.15) is 8.42 Å². The minimum atomic E-state index is -4.25. The Balaban J connectivity index is 2.16. The van der Waals surface area contributed by atoms with Gasteiger partial charge < -0.3 is 8.92 Å². The molecule has 0 saturated carbocycles. The third kappa shape index (κ3) is 3.48. The topological polar surface area (TPSA) is 65.5 Å². The van der Waals surface area contributed by atoms with Crippen molar-refractivity contribution in [3.05, 3.63) is 57.7 Å². The molecule has 0 atom stereocenters. The lowest BCUT2D eigenvalue weighted by molar-refractivity contribution is 0.398. The van der Waals surface area contributed by atoms with E-state index in [9.17, 15) is 8.42 Å². The lowest BCUT2D eigenvalue weighted by Gasteiger charge is -2.13. The molecule has 0 N–H and O–H groups in total. The highest BCUT2D eigenvalue weighted by Gasteiger charge is 2.25. The first-order valence-electron chi connectivity index (χ1n) is 6.84. The van der Waals surface area contributed by atoms with Gasteiger partial charge in [-0.1, -0.05) is 34.8 Å². The number of pyridine rings is 1. The molecule has 5 nitrogen and oxygen atoms in total. The van der Waals surface area contributed by atoms with Gasteiger partial charge in [-0.05, 0) is 30.3 Å². The van der Waals surface area contributed by atoms with Crippen molar-refractivity contribution in [1.82, 2.24) is 4.98 Å². The largest absolute Gasteiger partial charge is 0.495 e.